The molecule has 1 heterocycles. The van der Waals surface area contributed by atoms with E-state index in [0.717, 1.165) is 5.01 Å². The van der Waals surface area contributed by atoms with Crippen molar-refractivity contribution >= 4 is 23.3 Å². The Morgan fingerprint density at radius 2 is 2.28 bits per heavy atom. The number of carboxylic acids is 1. The van der Waals surface area contributed by atoms with E-state index in [0.29, 0.717) is 13.0 Å². The molecule has 0 bridgehead atoms. The fraction of sp³-hybridized carbons (Fsp3) is 0.545. The van der Waals surface area contributed by atoms with E-state index in [1.165, 1.54) is 11.3 Å². The number of aliphatic carboxylic acids is 1. The number of hydrogen-bond donors (Lipinski definition) is 3. The number of hydrogen-bond acceptors (Lipinski definition) is 4. The molecule has 0 radical (unpaired) electrons. The van der Waals surface area contributed by atoms with Crippen LogP contribution in [0.1, 0.15) is 31.2 Å². The van der Waals surface area contributed by atoms with Crippen molar-refractivity contribution in [2.24, 2.45) is 0 Å². The zero-order chi connectivity index (χ0) is 13.5. The molecule has 1 aromatic rings. The summed E-state index contributed by atoms with van der Waals surface area (Å²) >= 11 is 1.53. The minimum absolute atomic E-state index is 0.112. The maximum atomic E-state index is 11.5. The van der Waals surface area contributed by atoms with Crippen LogP contribution in [-0.2, 0) is 4.79 Å². The summed E-state index contributed by atoms with van der Waals surface area (Å²) in [7, 11) is 0. The highest BCUT2D eigenvalue weighted by Crippen LogP contribution is 2.16. The van der Waals surface area contributed by atoms with Crippen LogP contribution in [0.3, 0.4) is 0 Å². The fourth-order valence-electron chi connectivity index (χ4n) is 1.36. The molecule has 0 saturated heterocycles. The minimum atomic E-state index is -1.03. The van der Waals surface area contributed by atoms with Crippen molar-refractivity contribution in [1.82, 2.24) is 15.6 Å². The van der Waals surface area contributed by atoms with Gasteiger partial charge in [0.25, 0.3) is 0 Å². The molecule has 1 aromatic heterocycles. The van der Waals surface area contributed by atoms with Crippen LogP contribution in [0.2, 0.25) is 0 Å². The van der Waals surface area contributed by atoms with Crippen molar-refractivity contribution in [2.45, 2.75) is 32.2 Å². The second kappa shape index (κ2) is 6.95. The third-order valence-electron chi connectivity index (χ3n) is 2.45. The standard InChI is InChI=1S/C11H17N3O3S/c1-3-8(10(15)16)14-11(17)13-6-7(2)9-12-4-5-18-9/h4-5,7-8H,3,6H2,1-2H3,(H,15,16)(H2,13,14,17)/t7?,8-/m0/s1. The van der Waals surface area contributed by atoms with Crippen LogP contribution in [0.4, 0.5) is 4.79 Å². The van der Waals surface area contributed by atoms with Gasteiger partial charge in [-0.1, -0.05) is 13.8 Å². The van der Waals surface area contributed by atoms with E-state index in [2.05, 4.69) is 15.6 Å². The third kappa shape index (κ3) is 4.33. The number of urea groups is 1. The maximum Gasteiger partial charge on any atom is 0.326 e. The van der Waals surface area contributed by atoms with Gasteiger partial charge in [0.05, 0.1) is 5.01 Å². The quantitative estimate of drug-likeness (QED) is 0.729. The van der Waals surface area contributed by atoms with Gasteiger partial charge in [0.2, 0.25) is 0 Å². The average molecular weight is 271 g/mol. The molecule has 0 aliphatic rings. The first-order valence-electron chi connectivity index (χ1n) is 5.71. The van der Waals surface area contributed by atoms with Crippen LogP contribution < -0.4 is 10.6 Å². The Morgan fingerprint density at radius 1 is 1.56 bits per heavy atom. The van der Waals surface area contributed by atoms with Crippen molar-refractivity contribution in [1.29, 1.82) is 0 Å². The first-order valence-corrected chi connectivity index (χ1v) is 6.59. The molecule has 7 heteroatoms. The molecule has 0 spiro atoms. The van der Waals surface area contributed by atoms with Gasteiger partial charge in [0, 0.05) is 24.0 Å². The first-order chi connectivity index (χ1) is 8.54. The van der Waals surface area contributed by atoms with E-state index in [1.807, 2.05) is 12.3 Å². The van der Waals surface area contributed by atoms with Crippen molar-refractivity contribution in [3.8, 4) is 0 Å². The lowest BCUT2D eigenvalue weighted by Crippen LogP contribution is -2.46. The van der Waals surface area contributed by atoms with Gasteiger partial charge in [-0.15, -0.1) is 11.3 Å². The molecular weight excluding hydrogens is 254 g/mol. The number of nitrogens with zero attached hydrogens (tertiary/aromatic N) is 1. The van der Waals surface area contributed by atoms with E-state index in [1.54, 1.807) is 13.1 Å². The van der Waals surface area contributed by atoms with Crippen LogP contribution in [0.5, 0.6) is 0 Å². The summed E-state index contributed by atoms with van der Waals surface area (Å²) in [6.45, 7) is 4.08. The fourth-order valence-corrected chi connectivity index (χ4v) is 2.06. The van der Waals surface area contributed by atoms with Crippen LogP contribution >= 0.6 is 11.3 Å². The molecule has 0 saturated carbocycles. The van der Waals surface area contributed by atoms with Gasteiger partial charge in [0.1, 0.15) is 6.04 Å². The van der Waals surface area contributed by atoms with Crippen molar-refractivity contribution in [3.05, 3.63) is 16.6 Å². The second-order valence-electron chi connectivity index (χ2n) is 3.92. The Bertz CT molecular complexity index is 394. The largest absolute Gasteiger partial charge is 0.480 e. The molecule has 6 nitrogen and oxygen atoms in total. The number of carbonyl (C=O) groups is 2. The molecule has 100 valence electrons. The topological polar surface area (TPSA) is 91.3 Å². The molecule has 1 unspecified atom stereocenters. The van der Waals surface area contributed by atoms with Gasteiger partial charge in [-0.25, -0.2) is 14.6 Å². The zero-order valence-electron chi connectivity index (χ0n) is 10.3. The lowest BCUT2D eigenvalue weighted by molar-refractivity contribution is -0.139. The Labute approximate surface area is 109 Å². The predicted molar refractivity (Wildman–Crippen MR) is 68.8 cm³/mol. The van der Waals surface area contributed by atoms with Gasteiger partial charge < -0.3 is 15.7 Å². The summed E-state index contributed by atoms with van der Waals surface area (Å²) in [5, 5.41) is 16.7. The summed E-state index contributed by atoms with van der Waals surface area (Å²) in [4.78, 5) is 26.4. The summed E-state index contributed by atoms with van der Waals surface area (Å²) in [5.41, 5.74) is 0. The molecule has 0 fully saturated rings. The van der Waals surface area contributed by atoms with E-state index in [4.69, 9.17) is 5.11 Å². The first kappa shape index (κ1) is 14.4. The number of rotatable bonds is 6. The minimum Gasteiger partial charge on any atom is -0.480 e. The molecule has 0 aliphatic heterocycles. The van der Waals surface area contributed by atoms with Crippen LogP contribution in [0.15, 0.2) is 11.6 Å². The Morgan fingerprint density at radius 3 is 2.78 bits per heavy atom. The second-order valence-corrected chi connectivity index (χ2v) is 4.85. The number of carboxylic acid groups (broad SMARTS) is 1. The number of aromatic nitrogens is 1. The number of amides is 2. The van der Waals surface area contributed by atoms with E-state index < -0.39 is 18.0 Å². The summed E-state index contributed by atoms with van der Waals surface area (Å²) in [6, 6.07) is -1.31. The Balaban J connectivity index is 2.35. The lowest BCUT2D eigenvalue weighted by Gasteiger charge is -2.14. The Hall–Kier alpha value is -1.63. The molecule has 0 aliphatic carbocycles. The lowest BCUT2D eigenvalue weighted by atomic mass is 10.2. The normalized spacial score (nSPS) is 13.7. The van der Waals surface area contributed by atoms with Crippen molar-refractivity contribution in [2.75, 3.05) is 6.54 Å². The average Bonchev–Trinajstić information content (AvgIpc) is 2.86. The monoisotopic (exact) mass is 271 g/mol. The van der Waals surface area contributed by atoms with Crippen LogP contribution in [0, 0.1) is 0 Å². The number of carbonyl (C=O) groups excluding carboxylic acids is 1. The maximum absolute atomic E-state index is 11.5. The van der Waals surface area contributed by atoms with Crippen molar-refractivity contribution in [3.63, 3.8) is 0 Å². The van der Waals surface area contributed by atoms with E-state index in [9.17, 15) is 9.59 Å². The third-order valence-corrected chi connectivity index (χ3v) is 3.46. The van der Waals surface area contributed by atoms with Gasteiger partial charge in [0.15, 0.2) is 0 Å². The number of thiazole rings is 1. The zero-order valence-corrected chi connectivity index (χ0v) is 11.2. The molecule has 1 rings (SSSR count). The smallest absolute Gasteiger partial charge is 0.326 e. The molecule has 2 amide bonds. The van der Waals surface area contributed by atoms with Crippen LogP contribution in [0.25, 0.3) is 0 Å². The van der Waals surface area contributed by atoms with Gasteiger partial charge in [-0.2, -0.15) is 0 Å². The van der Waals surface area contributed by atoms with E-state index >= 15 is 0 Å². The van der Waals surface area contributed by atoms with Crippen molar-refractivity contribution < 1.29 is 14.7 Å². The highest BCUT2D eigenvalue weighted by atomic mass is 32.1. The molecule has 2 atom stereocenters. The molecular formula is C11H17N3O3S. The van der Waals surface area contributed by atoms with E-state index in [-0.39, 0.29) is 5.92 Å². The highest BCUT2D eigenvalue weighted by Gasteiger charge is 2.17. The van der Waals surface area contributed by atoms with Gasteiger partial charge >= 0.3 is 12.0 Å². The van der Waals surface area contributed by atoms with Crippen LogP contribution in [-0.4, -0.2) is 34.7 Å². The highest BCUT2D eigenvalue weighted by molar-refractivity contribution is 7.09. The molecule has 18 heavy (non-hydrogen) atoms. The summed E-state index contributed by atoms with van der Waals surface area (Å²) < 4.78 is 0. The van der Waals surface area contributed by atoms with Gasteiger partial charge in [-0.3, -0.25) is 0 Å². The summed E-state index contributed by atoms with van der Waals surface area (Å²) in [6.07, 6.45) is 2.07. The summed E-state index contributed by atoms with van der Waals surface area (Å²) in [5.74, 6) is -0.915. The number of nitrogens with one attached hydrogen (secondary N) is 2. The Kier molecular flexibility index (Phi) is 5.57. The van der Waals surface area contributed by atoms with Gasteiger partial charge in [-0.05, 0) is 6.42 Å². The SMILES string of the molecule is CC[C@H](NC(=O)NCC(C)c1nccs1)C(=O)O. The molecule has 0 aromatic carbocycles. The molecule has 3 N–H and O–H groups in total. The predicted octanol–water partition coefficient (Wildman–Crippen LogP) is 1.41.